The molecule has 3 aliphatic rings. The number of carbonyl (C=O) groups excluding carboxylic acids is 2. The van der Waals surface area contributed by atoms with E-state index in [2.05, 4.69) is 33.7 Å². The first-order chi connectivity index (χ1) is 11.1. The molecular weight excluding hydrogens is 294 g/mol. The lowest BCUT2D eigenvalue weighted by molar-refractivity contribution is -0.131. The molecule has 7 heteroatoms. The van der Waals surface area contributed by atoms with Crippen LogP contribution >= 0.6 is 0 Å². The molecule has 2 amide bonds. The highest BCUT2D eigenvalue weighted by Gasteiger charge is 2.45. The Morgan fingerprint density at radius 1 is 1.35 bits per heavy atom. The lowest BCUT2D eigenvalue weighted by atomic mass is 10.0. The van der Waals surface area contributed by atoms with Gasteiger partial charge in [0.1, 0.15) is 6.04 Å². The number of fused-ring (bicyclic) bond motifs is 2. The van der Waals surface area contributed by atoms with Crippen LogP contribution in [0.15, 0.2) is 36.2 Å². The number of aryl methyl sites for hydroxylation is 1. The van der Waals surface area contributed by atoms with E-state index in [0.29, 0.717) is 0 Å². The number of hydrazine groups is 2. The molecule has 0 spiro atoms. The Hall–Kier alpha value is -2.38. The molecule has 0 aromatic heterocycles. The number of allylic oxidation sites excluding steroid dienone is 1. The van der Waals surface area contributed by atoms with E-state index < -0.39 is 12.1 Å². The third-order valence-electron chi connectivity index (χ3n) is 4.62. The van der Waals surface area contributed by atoms with E-state index in [1.54, 1.807) is 18.1 Å². The highest BCUT2D eigenvalue weighted by atomic mass is 16.2. The van der Waals surface area contributed by atoms with E-state index in [1.807, 2.05) is 12.1 Å². The first-order valence-electron chi connectivity index (χ1n) is 7.80. The van der Waals surface area contributed by atoms with E-state index in [9.17, 15) is 9.59 Å². The normalized spacial score (nSPS) is 28.7. The fourth-order valence-electron chi connectivity index (χ4n) is 3.53. The second-order valence-corrected chi connectivity index (χ2v) is 6.19. The molecule has 7 nitrogen and oxygen atoms in total. The summed E-state index contributed by atoms with van der Waals surface area (Å²) in [6, 6.07) is 6.95. The van der Waals surface area contributed by atoms with Crippen LogP contribution in [0.2, 0.25) is 0 Å². The Morgan fingerprint density at radius 2 is 2.17 bits per heavy atom. The minimum Gasteiger partial charge on any atom is -0.348 e. The molecule has 1 aromatic carbocycles. The molecule has 4 rings (SSSR count). The van der Waals surface area contributed by atoms with Crippen LogP contribution in [-0.4, -0.2) is 28.9 Å². The van der Waals surface area contributed by atoms with E-state index in [4.69, 9.17) is 0 Å². The molecular formula is C16H19N5O2. The van der Waals surface area contributed by atoms with Crippen molar-refractivity contribution < 1.29 is 9.59 Å². The summed E-state index contributed by atoms with van der Waals surface area (Å²) >= 11 is 0. The highest BCUT2D eigenvalue weighted by molar-refractivity contribution is 5.94. The predicted octanol–water partition coefficient (Wildman–Crippen LogP) is -0.157. The van der Waals surface area contributed by atoms with Gasteiger partial charge >= 0.3 is 0 Å². The minimum absolute atomic E-state index is 0.0125. The molecule has 0 radical (unpaired) electrons. The number of amides is 2. The van der Waals surface area contributed by atoms with Gasteiger partial charge in [-0.15, -0.1) is 0 Å². The Labute approximate surface area is 134 Å². The quantitative estimate of drug-likeness (QED) is 0.610. The standard InChI is InChI=1S/C16H19N5O2/c1-9-8-21-14(16(23)17-9)13(19-20-21)15(22)18-12-7-6-10-4-2-3-5-11(10)12/h2-5,8,12-14,19-20H,6-7H2,1H3,(H,17,23)(H,18,22). The van der Waals surface area contributed by atoms with Crippen LogP contribution in [0.3, 0.4) is 0 Å². The van der Waals surface area contributed by atoms with Crippen molar-refractivity contribution in [3.63, 3.8) is 0 Å². The van der Waals surface area contributed by atoms with Crippen LogP contribution < -0.4 is 21.6 Å². The summed E-state index contributed by atoms with van der Waals surface area (Å²) in [7, 11) is 0. The first kappa shape index (κ1) is 14.2. The maximum absolute atomic E-state index is 12.7. The molecule has 120 valence electrons. The summed E-state index contributed by atoms with van der Waals surface area (Å²) in [6.45, 7) is 1.80. The molecule has 1 aromatic rings. The maximum atomic E-state index is 12.7. The van der Waals surface area contributed by atoms with Gasteiger partial charge in [0.25, 0.3) is 5.91 Å². The number of hydrogen-bond acceptors (Lipinski definition) is 5. The lowest BCUT2D eigenvalue weighted by Gasteiger charge is -2.28. The number of rotatable bonds is 2. The number of carbonyl (C=O) groups is 2. The summed E-state index contributed by atoms with van der Waals surface area (Å²) in [6.07, 6.45) is 3.64. The number of nitrogens with zero attached hydrogens (tertiary/aromatic N) is 1. The molecule has 0 bridgehead atoms. The second-order valence-electron chi connectivity index (χ2n) is 6.19. The smallest absolute Gasteiger partial charge is 0.250 e. The predicted molar refractivity (Wildman–Crippen MR) is 83.2 cm³/mol. The lowest BCUT2D eigenvalue weighted by Crippen LogP contribution is -2.55. The van der Waals surface area contributed by atoms with Gasteiger partial charge in [0.2, 0.25) is 5.91 Å². The summed E-state index contributed by atoms with van der Waals surface area (Å²) < 4.78 is 0. The molecule has 3 atom stereocenters. The molecule has 1 fully saturated rings. The van der Waals surface area contributed by atoms with Gasteiger partial charge < -0.3 is 10.6 Å². The fraction of sp³-hybridized carbons (Fsp3) is 0.375. The van der Waals surface area contributed by atoms with E-state index >= 15 is 0 Å². The average molecular weight is 313 g/mol. The van der Waals surface area contributed by atoms with Gasteiger partial charge in [-0.2, -0.15) is 5.53 Å². The third kappa shape index (κ3) is 2.38. The Balaban J connectivity index is 1.50. The number of hydrogen-bond donors (Lipinski definition) is 4. The summed E-state index contributed by atoms with van der Waals surface area (Å²) in [4.78, 5) is 24.8. The zero-order chi connectivity index (χ0) is 16.0. The van der Waals surface area contributed by atoms with Gasteiger partial charge in [-0.3, -0.25) is 14.6 Å². The molecule has 0 saturated carbocycles. The van der Waals surface area contributed by atoms with Crippen LogP contribution in [0.4, 0.5) is 0 Å². The van der Waals surface area contributed by atoms with Crippen molar-refractivity contribution in [1.82, 2.24) is 26.6 Å². The van der Waals surface area contributed by atoms with Crippen LogP contribution in [0.1, 0.15) is 30.5 Å². The zero-order valence-corrected chi connectivity index (χ0v) is 12.8. The van der Waals surface area contributed by atoms with Crippen molar-refractivity contribution in [2.24, 2.45) is 0 Å². The van der Waals surface area contributed by atoms with Crippen LogP contribution in [0, 0.1) is 0 Å². The third-order valence-corrected chi connectivity index (χ3v) is 4.62. The molecule has 1 aliphatic carbocycles. The van der Waals surface area contributed by atoms with Crippen LogP contribution in [-0.2, 0) is 16.0 Å². The van der Waals surface area contributed by atoms with Gasteiger partial charge in [0.05, 0.1) is 6.04 Å². The molecule has 3 unspecified atom stereocenters. The number of benzene rings is 1. The average Bonchev–Trinajstić information content (AvgIpc) is 3.12. The molecule has 4 N–H and O–H groups in total. The second kappa shape index (κ2) is 5.36. The molecule has 1 saturated heterocycles. The molecule has 2 heterocycles. The first-order valence-corrected chi connectivity index (χ1v) is 7.80. The maximum Gasteiger partial charge on any atom is 0.250 e. The van der Waals surface area contributed by atoms with Gasteiger partial charge in [0, 0.05) is 11.9 Å². The van der Waals surface area contributed by atoms with Crippen molar-refractivity contribution >= 4 is 11.8 Å². The monoisotopic (exact) mass is 313 g/mol. The topological polar surface area (TPSA) is 85.5 Å². The van der Waals surface area contributed by atoms with Crippen molar-refractivity contribution in [2.75, 3.05) is 0 Å². The van der Waals surface area contributed by atoms with Gasteiger partial charge in [-0.05, 0) is 30.9 Å². The Morgan fingerprint density at radius 3 is 3.04 bits per heavy atom. The van der Waals surface area contributed by atoms with Gasteiger partial charge in [-0.25, -0.2) is 5.43 Å². The van der Waals surface area contributed by atoms with Gasteiger partial charge in [-0.1, -0.05) is 24.3 Å². The zero-order valence-electron chi connectivity index (χ0n) is 12.8. The van der Waals surface area contributed by atoms with Crippen LogP contribution in [0.5, 0.6) is 0 Å². The summed E-state index contributed by atoms with van der Waals surface area (Å²) in [5.41, 5.74) is 8.98. The van der Waals surface area contributed by atoms with Crippen molar-refractivity contribution in [3.8, 4) is 0 Å². The number of nitrogens with one attached hydrogen (secondary N) is 4. The van der Waals surface area contributed by atoms with Crippen molar-refractivity contribution in [1.29, 1.82) is 0 Å². The van der Waals surface area contributed by atoms with E-state index in [0.717, 1.165) is 18.5 Å². The van der Waals surface area contributed by atoms with Gasteiger partial charge in [0.15, 0.2) is 6.04 Å². The molecule has 23 heavy (non-hydrogen) atoms. The summed E-state index contributed by atoms with van der Waals surface area (Å²) in [5.74, 6) is -0.357. The summed E-state index contributed by atoms with van der Waals surface area (Å²) in [5, 5.41) is 7.48. The SMILES string of the molecule is CC1=CN2NNC(C(=O)NC3CCc4ccccc43)C2C(=O)N1. The fourth-order valence-corrected chi connectivity index (χ4v) is 3.53. The van der Waals surface area contributed by atoms with Crippen molar-refractivity contribution in [3.05, 3.63) is 47.3 Å². The van der Waals surface area contributed by atoms with E-state index in [-0.39, 0.29) is 17.9 Å². The molecule has 2 aliphatic heterocycles. The highest BCUT2D eigenvalue weighted by Crippen LogP contribution is 2.31. The van der Waals surface area contributed by atoms with Crippen LogP contribution in [0.25, 0.3) is 0 Å². The van der Waals surface area contributed by atoms with E-state index in [1.165, 1.54) is 11.1 Å². The minimum atomic E-state index is -0.632. The van der Waals surface area contributed by atoms with Crippen molar-refractivity contribution in [2.45, 2.75) is 37.9 Å². The Kier molecular flexibility index (Phi) is 3.32. The largest absolute Gasteiger partial charge is 0.348 e. The Bertz CT molecular complexity index is 701.